The van der Waals surface area contributed by atoms with Crippen molar-refractivity contribution in [3.8, 4) is 28.0 Å². The van der Waals surface area contributed by atoms with E-state index < -0.39 is 17.9 Å². The number of hydrogen-bond donors (Lipinski definition) is 0. The number of hydrogen-bond acceptors (Lipinski definition) is 1. The van der Waals surface area contributed by atoms with Crippen LogP contribution in [0.2, 0.25) is 0 Å². The molecule has 158 valence electrons. The summed E-state index contributed by atoms with van der Waals surface area (Å²) in [5.41, 5.74) is 3.70. The third-order valence-electron chi connectivity index (χ3n) is 5.16. The molecule has 31 heavy (non-hydrogen) atoms. The average Bonchev–Trinajstić information content (AvgIpc) is 2.74. The molecule has 0 amide bonds. The molecule has 0 aliphatic heterocycles. The summed E-state index contributed by atoms with van der Waals surface area (Å²) in [6.07, 6.45) is -2.84. The van der Waals surface area contributed by atoms with Crippen molar-refractivity contribution in [2.24, 2.45) is 0 Å². The molecular formula is C26H20F4O. The Bertz CT molecular complexity index is 1210. The van der Waals surface area contributed by atoms with Gasteiger partial charge < -0.3 is 4.74 Å². The lowest BCUT2D eigenvalue weighted by Gasteiger charge is -2.14. The van der Waals surface area contributed by atoms with Crippen LogP contribution in [-0.4, -0.2) is 6.36 Å². The summed E-state index contributed by atoms with van der Waals surface area (Å²) >= 11 is 0. The summed E-state index contributed by atoms with van der Waals surface area (Å²) in [6, 6.07) is 23.3. The second-order valence-corrected chi connectivity index (χ2v) is 7.39. The summed E-state index contributed by atoms with van der Waals surface area (Å²) in [6.45, 7) is 2.15. The lowest BCUT2D eigenvalue weighted by molar-refractivity contribution is -0.275. The van der Waals surface area contributed by atoms with Gasteiger partial charge in [0.15, 0.2) is 11.6 Å². The molecule has 0 aliphatic carbocycles. The van der Waals surface area contributed by atoms with Gasteiger partial charge in [-0.15, -0.1) is 13.2 Å². The maximum absolute atomic E-state index is 14.0. The van der Waals surface area contributed by atoms with Crippen LogP contribution < -0.4 is 4.74 Å². The first-order valence-corrected chi connectivity index (χ1v) is 10.0. The molecule has 0 saturated heterocycles. The number of alkyl halides is 3. The third-order valence-corrected chi connectivity index (χ3v) is 5.16. The van der Waals surface area contributed by atoms with E-state index in [1.54, 1.807) is 12.1 Å². The van der Waals surface area contributed by atoms with Gasteiger partial charge >= 0.3 is 6.36 Å². The highest BCUT2D eigenvalue weighted by atomic mass is 19.4. The highest BCUT2D eigenvalue weighted by Gasteiger charge is 2.33. The van der Waals surface area contributed by atoms with Gasteiger partial charge in [-0.05, 0) is 51.6 Å². The van der Waals surface area contributed by atoms with E-state index in [1.165, 1.54) is 23.1 Å². The smallest absolute Gasteiger partial charge is 0.402 e. The Morgan fingerprint density at radius 3 is 2.10 bits per heavy atom. The molecule has 0 radical (unpaired) electrons. The number of para-hydroxylation sites is 1. The predicted octanol–water partition coefficient (Wildman–Crippen LogP) is 8.16. The molecule has 5 heteroatoms. The van der Waals surface area contributed by atoms with Gasteiger partial charge in [0.25, 0.3) is 0 Å². The highest BCUT2D eigenvalue weighted by molar-refractivity contribution is 5.88. The Labute approximate surface area is 177 Å². The number of halogens is 4. The Morgan fingerprint density at radius 1 is 0.742 bits per heavy atom. The summed E-state index contributed by atoms with van der Waals surface area (Å²) in [4.78, 5) is 0. The van der Waals surface area contributed by atoms with Crippen LogP contribution in [0.15, 0.2) is 78.9 Å². The molecular weight excluding hydrogens is 404 g/mol. The molecule has 4 aromatic rings. The minimum absolute atomic E-state index is 0.0471. The quantitative estimate of drug-likeness (QED) is 0.294. The number of fused-ring (bicyclic) bond motifs is 1. The first kappa shape index (κ1) is 20.9. The van der Waals surface area contributed by atoms with Crippen molar-refractivity contribution in [2.45, 2.75) is 26.1 Å². The molecule has 0 N–H and O–H groups in total. The number of ether oxygens (including phenoxy) is 1. The topological polar surface area (TPSA) is 9.23 Å². The van der Waals surface area contributed by atoms with E-state index in [1.807, 2.05) is 18.2 Å². The normalized spacial score (nSPS) is 11.6. The number of aryl methyl sites for hydroxylation is 1. The van der Waals surface area contributed by atoms with Crippen molar-refractivity contribution in [3.63, 3.8) is 0 Å². The standard InChI is InChI=1S/C26H20F4O/c1-2-4-17-7-8-22-16-21(14-13-20(22)15-17)18-9-11-19(12-10-18)23-5-3-6-24(27)25(23)31-26(28,29)30/h3,5-16H,2,4H2,1H3. The van der Waals surface area contributed by atoms with Crippen molar-refractivity contribution >= 4 is 10.8 Å². The van der Waals surface area contributed by atoms with E-state index >= 15 is 0 Å². The molecule has 0 fully saturated rings. The third kappa shape index (κ3) is 4.71. The summed E-state index contributed by atoms with van der Waals surface area (Å²) in [5, 5.41) is 2.28. The zero-order chi connectivity index (χ0) is 22.0. The Hall–Kier alpha value is -3.34. The molecule has 4 rings (SSSR count). The molecule has 4 aromatic carbocycles. The van der Waals surface area contributed by atoms with E-state index in [-0.39, 0.29) is 5.56 Å². The van der Waals surface area contributed by atoms with Gasteiger partial charge in [-0.3, -0.25) is 0 Å². The van der Waals surface area contributed by atoms with Gasteiger partial charge in [0.05, 0.1) is 0 Å². The van der Waals surface area contributed by atoms with Crippen molar-refractivity contribution < 1.29 is 22.3 Å². The Kier molecular flexibility index (Phi) is 5.68. The van der Waals surface area contributed by atoms with Gasteiger partial charge in [-0.25, -0.2) is 4.39 Å². The molecule has 0 unspecified atom stereocenters. The van der Waals surface area contributed by atoms with Crippen molar-refractivity contribution in [2.75, 3.05) is 0 Å². The van der Waals surface area contributed by atoms with Crippen LogP contribution in [-0.2, 0) is 6.42 Å². The Balaban J connectivity index is 1.66. The van der Waals surface area contributed by atoms with E-state index in [0.717, 1.165) is 35.4 Å². The lowest BCUT2D eigenvalue weighted by Crippen LogP contribution is -2.18. The number of rotatable bonds is 5. The number of benzene rings is 4. The van der Waals surface area contributed by atoms with Crippen LogP contribution in [0.1, 0.15) is 18.9 Å². The van der Waals surface area contributed by atoms with Crippen LogP contribution in [0.5, 0.6) is 5.75 Å². The molecule has 0 aliphatic rings. The van der Waals surface area contributed by atoms with Crippen LogP contribution in [0.4, 0.5) is 17.6 Å². The maximum Gasteiger partial charge on any atom is 0.573 e. The molecule has 0 bridgehead atoms. The average molecular weight is 424 g/mol. The molecule has 0 saturated carbocycles. The van der Waals surface area contributed by atoms with Crippen LogP contribution in [0.25, 0.3) is 33.0 Å². The Morgan fingerprint density at radius 2 is 1.39 bits per heavy atom. The maximum atomic E-state index is 14.0. The van der Waals surface area contributed by atoms with Crippen molar-refractivity contribution in [3.05, 3.63) is 90.2 Å². The van der Waals surface area contributed by atoms with E-state index in [0.29, 0.717) is 5.56 Å². The fraction of sp³-hybridized carbons (Fsp3) is 0.154. The van der Waals surface area contributed by atoms with Gasteiger partial charge in [0, 0.05) is 5.56 Å². The first-order chi connectivity index (χ1) is 14.8. The zero-order valence-electron chi connectivity index (χ0n) is 16.8. The second kappa shape index (κ2) is 8.42. The molecule has 0 heterocycles. The predicted molar refractivity (Wildman–Crippen MR) is 115 cm³/mol. The van der Waals surface area contributed by atoms with Crippen LogP contribution in [0, 0.1) is 5.82 Å². The van der Waals surface area contributed by atoms with Crippen molar-refractivity contribution in [1.29, 1.82) is 0 Å². The molecule has 1 nitrogen and oxygen atoms in total. The second-order valence-electron chi connectivity index (χ2n) is 7.39. The summed E-state index contributed by atoms with van der Waals surface area (Å²) in [7, 11) is 0. The van der Waals surface area contributed by atoms with E-state index in [2.05, 4.69) is 42.0 Å². The summed E-state index contributed by atoms with van der Waals surface area (Å²) < 4.78 is 56.1. The minimum Gasteiger partial charge on any atom is -0.402 e. The van der Waals surface area contributed by atoms with E-state index in [9.17, 15) is 17.6 Å². The van der Waals surface area contributed by atoms with Gasteiger partial charge in [0.2, 0.25) is 0 Å². The SMILES string of the molecule is CCCc1ccc2cc(-c3ccc(-c4cccc(F)c4OC(F)(F)F)cc3)ccc2c1. The lowest BCUT2D eigenvalue weighted by atomic mass is 9.97. The van der Waals surface area contributed by atoms with Gasteiger partial charge in [-0.2, -0.15) is 0 Å². The molecule has 0 spiro atoms. The highest BCUT2D eigenvalue weighted by Crippen LogP contribution is 2.37. The first-order valence-electron chi connectivity index (χ1n) is 10.0. The minimum atomic E-state index is -4.97. The zero-order valence-corrected chi connectivity index (χ0v) is 16.8. The van der Waals surface area contributed by atoms with E-state index in [4.69, 9.17) is 0 Å². The summed E-state index contributed by atoms with van der Waals surface area (Å²) in [5.74, 6) is -1.88. The van der Waals surface area contributed by atoms with Crippen LogP contribution in [0.3, 0.4) is 0 Å². The monoisotopic (exact) mass is 424 g/mol. The van der Waals surface area contributed by atoms with Crippen molar-refractivity contribution in [1.82, 2.24) is 0 Å². The van der Waals surface area contributed by atoms with Gasteiger partial charge in [-0.1, -0.05) is 80.1 Å². The fourth-order valence-corrected chi connectivity index (χ4v) is 3.72. The van der Waals surface area contributed by atoms with Crippen LogP contribution >= 0.6 is 0 Å². The largest absolute Gasteiger partial charge is 0.573 e. The van der Waals surface area contributed by atoms with Gasteiger partial charge in [0.1, 0.15) is 0 Å². The molecule has 0 atom stereocenters. The molecule has 0 aromatic heterocycles. The fourth-order valence-electron chi connectivity index (χ4n) is 3.72.